The van der Waals surface area contributed by atoms with Crippen LogP contribution in [0, 0.1) is 0 Å². The lowest BCUT2D eigenvalue weighted by molar-refractivity contribution is -0.244. The van der Waals surface area contributed by atoms with E-state index in [9.17, 15) is 9.59 Å². The lowest BCUT2D eigenvalue weighted by Gasteiger charge is -2.37. The number of ether oxygens (including phenoxy) is 2. The molecule has 1 saturated heterocycles. The van der Waals surface area contributed by atoms with Crippen LogP contribution in [0.1, 0.15) is 19.8 Å². The van der Waals surface area contributed by atoms with E-state index in [1.54, 1.807) is 0 Å². The molecule has 0 radical (unpaired) electrons. The van der Waals surface area contributed by atoms with Crippen molar-refractivity contribution in [3.8, 4) is 0 Å². The molecule has 0 aromatic heterocycles. The van der Waals surface area contributed by atoms with E-state index in [-0.39, 0.29) is 24.5 Å². The van der Waals surface area contributed by atoms with E-state index in [0.29, 0.717) is 0 Å². The number of ketones is 1. The van der Waals surface area contributed by atoms with Gasteiger partial charge in [0.2, 0.25) is 11.7 Å². The summed E-state index contributed by atoms with van der Waals surface area (Å²) < 4.78 is 10.7. The zero-order valence-corrected chi connectivity index (χ0v) is 9.56. The third-order valence-electron chi connectivity index (χ3n) is 3.22. The molecule has 2 fully saturated rings. The predicted molar refractivity (Wildman–Crippen MR) is 52.2 cm³/mol. The van der Waals surface area contributed by atoms with Crippen molar-refractivity contribution in [2.24, 2.45) is 0 Å². The van der Waals surface area contributed by atoms with Gasteiger partial charge in [-0.3, -0.25) is 14.4 Å². The molecule has 1 saturated carbocycles. The first-order valence-electron chi connectivity index (χ1n) is 5.13. The molecular formula is C10H15NO5. The van der Waals surface area contributed by atoms with Crippen LogP contribution in [0.5, 0.6) is 0 Å². The Morgan fingerprint density at radius 2 is 2.06 bits per heavy atom. The van der Waals surface area contributed by atoms with Gasteiger partial charge in [-0.1, -0.05) is 0 Å². The normalized spacial score (nSPS) is 31.9. The van der Waals surface area contributed by atoms with Gasteiger partial charge in [0.05, 0.1) is 0 Å². The van der Waals surface area contributed by atoms with Crippen LogP contribution >= 0.6 is 0 Å². The third kappa shape index (κ3) is 1.37. The molecule has 2 rings (SSSR count). The molecule has 0 aromatic carbocycles. The fourth-order valence-electron chi connectivity index (χ4n) is 2.48. The highest BCUT2D eigenvalue weighted by Gasteiger charge is 2.62. The smallest absolute Gasteiger partial charge is 0.243 e. The Bertz CT molecular complexity index is 325. The summed E-state index contributed by atoms with van der Waals surface area (Å²) in [5, 5.41) is 1.20. The molecule has 1 aliphatic heterocycles. The molecule has 1 amide bonds. The number of rotatable bonds is 2. The number of hydrogen-bond donors (Lipinski definition) is 0. The molecular weight excluding hydrogens is 214 g/mol. The molecule has 1 aliphatic carbocycles. The fourth-order valence-corrected chi connectivity index (χ4v) is 2.48. The molecule has 6 heteroatoms. The highest BCUT2D eigenvalue weighted by Crippen LogP contribution is 2.42. The molecule has 6 nitrogen and oxygen atoms in total. The fraction of sp³-hybridized carbons (Fsp3) is 0.800. The first kappa shape index (κ1) is 11.5. The van der Waals surface area contributed by atoms with Crippen molar-refractivity contribution in [1.29, 1.82) is 0 Å². The van der Waals surface area contributed by atoms with E-state index < -0.39 is 17.9 Å². The maximum absolute atomic E-state index is 11.5. The van der Waals surface area contributed by atoms with E-state index in [0.717, 1.165) is 0 Å². The van der Waals surface area contributed by atoms with Crippen molar-refractivity contribution in [1.82, 2.24) is 5.06 Å². The zero-order chi connectivity index (χ0) is 11.9. The van der Waals surface area contributed by atoms with Crippen LogP contribution in [0.4, 0.5) is 0 Å². The topological polar surface area (TPSA) is 65.1 Å². The minimum absolute atomic E-state index is 0.0588. The molecule has 2 unspecified atom stereocenters. The van der Waals surface area contributed by atoms with E-state index in [1.807, 2.05) is 0 Å². The maximum atomic E-state index is 11.5. The lowest BCUT2D eigenvalue weighted by Crippen LogP contribution is -2.57. The molecule has 2 atom stereocenters. The second kappa shape index (κ2) is 3.80. The first-order chi connectivity index (χ1) is 7.55. The Morgan fingerprint density at radius 1 is 1.44 bits per heavy atom. The van der Waals surface area contributed by atoms with E-state index in [4.69, 9.17) is 14.3 Å². The number of amides is 1. The standard InChI is InChI=1S/C10H15NO5/c1-6(12)11-8-4-7(13)5-9(16-11)10(8,14-2)15-3/h8-9H,4-5H2,1-3H3. The van der Waals surface area contributed by atoms with Gasteiger partial charge < -0.3 is 9.47 Å². The van der Waals surface area contributed by atoms with Gasteiger partial charge >= 0.3 is 0 Å². The van der Waals surface area contributed by atoms with E-state index in [2.05, 4.69) is 0 Å². The summed E-state index contributed by atoms with van der Waals surface area (Å²) in [5.41, 5.74) is 0. The Balaban J connectivity index is 2.36. The Hall–Kier alpha value is -0.980. The highest BCUT2D eigenvalue weighted by atomic mass is 16.8. The molecule has 1 heterocycles. The Morgan fingerprint density at radius 3 is 2.56 bits per heavy atom. The highest BCUT2D eigenvalue weighted by molar-refractivity contribution is 5.83. The molecule has 0 N–H and O–H groups in total. The number of fused-ring (bicyclic) bond motifs is 2. The maximum Gasteiger partial charge on any atom is 0.243 e. The molecule has 90 valence electrons. The van der Waals surface area contributed by atoms with Crippen LogP contribution in [-0.4, -0.2) is 48.9 Å². The van der Waals surface area contributed by atoms with Gasteiger partial charge in [0.1, 0.15) is 17.9 Å². The van der Waals surface area contributed by atoms with Gasteiger partial charge in [-0.05, 0) is 0 Å². The van der Waals surface area contributed by atoms with Crippen molar-refractivity contribution < 1.29 is 23.9 Å². The average Bonchev–Trinajstić information content (AvgIpc) is 2.41. The van der Waals surface area contributed by atoms with Crippen LogP contribution in [-0.2, 0) is 23.9 Å². The first-order valence-corrected chi connectivity index (χ1v) is 5.13. The summed E-state index contributed by atoms with van der Waals surface area (Å²) >= 11 is 0. The Kier molecular flexibility index (Phi) is 2.73. The average molecular weight is 229 g/mol. The monoisotopic (exact) mass is 229 g/mol. The summed E-state index contributed by atoms with van der Waals surface area (Å²) in [7, 11) is 2.98. The number of methoxy groups -OCH3 is 2. The number of nitrogens with zero attached hydrogens (tertiary/aromatic N) is 1. The minimum Gasteiger partial charge on any atom is -0.349 e. The number of hydrogen-bond acceptors (Lipinski definition) is 5. The minimum atomic E-state index is -1.01. The van der Waals surface area contributed by atoms with Crippen LogP contribution in [0.2, 0.25) is 0 Å². The van der Waals surface area contributed by atoms with E-state index in [1.165, 1.54) is 26.2 Å². The second-order valence-corrected chi connectivity index (χ2v) is 4.03. The van der Waals surface area contributed by atoms with Crippen LogP contribution in [0.25, 0.3) is 0 Å². The summed E-state index contributed by atoms with van der Waals surface area (Å²) in [6, 6.07) is -0.494. The number of Topliss-reactive ketones (excluding diaryl/α,β-unsaturated/α-hetero) is 1. The van der Waals surface area contributed by atoms with Gasteiger partial charge in [0.15, 0.2) is 0 Å². The summed E-state index contributed by atoms with van der Waals surface area (Å²) in [5.74, 6) is -1.20. The van der Waals surface area contributed by atoms with Crippen molar-refractivity contribution >= 4 is 11.7 Å². The predicted octanol–water partition coefficient (Wildman–Crippen LogP) is -0.131. The molecule has 16 heavy (non-hydrogen) atoms. The van der Waals surface area contributed by atoms with E-state index >= 15 is 0 Å². The van der Waals surface area contributed by atoms with Crippen LogP contribution < -0.4 is 0 Å². The Labute approximate surface area is 93.4 Å². The molecule has 2 aliphatic rings. The SMILES string of the molecule is COC1(OC)C2CC(=O)CC1N(C(C)=O)O2. The van der Waals surface area contributed by atoms with Crippen molar-refractivity contribution in [3.05, 3.63) is 0 Å². The van der Waals surface area contributed by atoms with Gasteiger partial charge in [-0.15, -0.1) is 0 Å². The van der Waals surface area contributed by atoms with Crippen molar-refractivity contribution in [3.63, 3.8) is 0 Å². The number of carbonyl (C=O) groups excluding carboxylic acids is 2. The van der Waals surface area contributed by atoms with Gasteiger partial charge in [0, 0.05) is 34.0 Å². The summed E-state index contributed by atoms with van der Waals surface area (Å²) in [6.07, 6.45) is -0.127. The van der Waals surface area contributed by atoms with Crippen LogP contribution in [0.15, 0.2) is 0 Å². The quantitative estimate of drug-likeness (QED) is 0.617. The third-order valence-corrected chi connectivity index (χ3v) is 3.22. The number of hydroxylamine groups is 2. The largest absolute Gasteiger partial charge is 0.349 e. The molecule has 0 spiro atoms. The second-order valence-electron chi connectivity index (χ2n) is 4.03. The van der Waals surface area contributed by atoms with Gasteiger partial charge in [0.25, 0.3) is 0 Å². The van der Waals surface area contributed by atoms with Crippen LogP contribution in [0.3, 0.4) is 0 Å². The van der Waals surface area contributed by atoms with Crippen molar-refractivity contribution in [2.45, 2.75) is 37.7 Å². The molecule has 0 aromatic rings. The van der Waals surface area contributed by atoms with Crippen molar-refractivity contribution in [2.75, 3.05) is 14.2 Å². The van der Waals surface area contributed by atoms with Gasteiger partial charge in [-0.25, -0.2) is 5.06 Å². The van der Waals surface area contributed by atoms with Gasteiger partial charge in [-0.2, -0.15) is 0 Å². The zero-order valence-electron chi connectivity index (χ0n) is 9.56. The number of carbonyl (C=O) groups is 2. The summed E-state index contributed by atoms with van der Waals surface area (Å²) in [6.45, 7) is 1.39. The summed E-state index contributed by atoms with van der Waals surface area (Å²) in [4.78, 5) is 28.3. The molecule has 2 bridgehead atoms. The lowest BCUT2D eigenvalue weighted by atomic mass is 9.86.